The van der Waals surface area contributed by atoms with E-state index in [-0.39, 0.29) is 0 Å². The van der Waals surface area contributed by atoms with Crippen LogP contribution in [0.4, 0.5) is 11.5 Å². The van der Waals surface area contributed by atoms with Crippen molar-refractivity contribution >= 4 is 11.5 Å². The minimum Gasteiger partial charge on any atom is -0.225 e. The fraction of sp³-hybridized carbons (Fsp3) is 0. The summed E-state index contributed by atoms with van der Waals surface area (Å²) in [5, 5.41) is 7.19. The highest BCUT2D eigenvalue weighted by molar-refractivity contribution is 5.58. The molecule has 1 aromatic heterocycles. The molecule has 0 unspecified atom stereocenters. The molecule has 0 atom stereocenters. The Morgan fingerprint density at radius 3 is 3.44 bits per heavy atom. The van der Waals surface area contributed by atoms with Gasteiger partial charge in [0.05, 0.1) is 11.4 Å². The predicted molar refractivity (Wildman–Crippen MR) is 29.9 cm³/mol. The molecule has 1 aromatic rings. The lowest BCUT2D eigenvalue weighted by Crippen LogP contribution is -1.83. The van der Waals surface area contributed by atoms with Crippen LogP contribution in [0.1, 0.15) is 0 Å². The summed E-state index contributed by atoms with van der Waals surface area (Å²) in [6.45, 7) is 0. The van der Waals surface area contributed by atoms with Crippen LogP contribution in [-0.2, 0) is 0 Å². The summed E-state index contributed by atoms with van der Waals surface area (Å²) >= 11 is 0. The van der Waals surface area contributed by atoms with Gasteiger partial charge in [-0.05, 0) is 0 Å². The number of fused-ring (bicyclic) bond motifs is 1. The molecular formula is C4H3N5+. The average molecular weight is 121 g/mol. The van der Waals surface area contributed by atoms with Gasteiger partial charge in [0.25, 0.3) is 0 Å². The highest BCUT2D eigenvalue weighted by Crippen LogP contribution is 2.18. The molecule has 5 heteroatoms. The van der Waals surface area contributed by atoms with E-state index >= 15 is 0 Å². The van der Waals surface area contributed by atoms with Gasteiger partial charge in [-0.3, -0.25) is 0 Å². The van der Waals surface area contributed by atoms with Crippen LogP contribution in [0.5, 0.6) is 0 Å². The maximum Gasteiger partial charge on any atom is 0.366 e. The Hall–Kier alpha value is -1.52. The Morgan fingerprint density at radius 2 is 2.56 bits per heavy atom. The van der Waals surface area contributed by atoms with Gasteiger partial charge in [0, 0.05) is 5.11 Å². The molecule has 1 N–H and O–H groups in total. The third-order valence-corrected chi connectivity index (χ3v) is 1.01. The molecule has 0 bridgehead atoms. The van der Waals surface area contributed by atoms with Crippen molar-refractivity contribution in [3.8, 4) is 0 Å². The molecule has 2 rings (SSSR count). The van der Waals surface area contributed by atoms with Gasteiger partial charge in [-0.2, -0.15) is 5.43 Å². The first-order chi connectivity index (χ1) is 4.47. The van der Waals surface area contributed by atoms with Gasteiger partial charge in [-0.25, -0.2) is 4.98 Å². The zero-order valence-electron chi connectivity index (χ0n) is 4.44. The number of rotatable bonds is 0. The molecule has 0 saturated carbocycles. The largest absolute Gasteiger partial charge is 0.366 e. The lowest BCUT2D eigenvalue weighted by Gasteiger charge is -1.79. The van der Waals surface area contributed by atoms with Crippen molar-refractivity contribution in [2.24, 2.45) is 5.22 Å². The Balaban J connectivity index is 2.63. The van der Waals surface area contributed by atoms with E-state index in [1.54, 1.807) is 6.20 Å². The van der Waals surface area contributed by atoms with Crippen molar-refractivity contribution in [2.45, 2.75) is 0 Å². The fourth-order valence-electron chi connectivity index (χ4n) is 0.608. The van der Waals surface area contributed by atoms with E-state index in [1.165, 1.54) is 6.33 Å². The molecule has 0 spiro atoms. The van der Waals surface area contributed by atoms with Gasteiger partial charge in [-0.1, -0.05) is 4.98 Å². The first-order valence-electron chi connectivity index (χ1n) is 2.43. The quantitative estimate of drug-likeness (QED) is 0.534. The Morgan fingerprint density at radius 1 is 1.56 bits per heavy atom. The van der Waals surface area contributed by atoms with E-state index in [0.29, 0.717) is 5.82 Å². The maximum absolute atomic E-state index is 3.83. The van der Waals surface area contributed by atoms with Crippen molar-refractivity contribution in [1.82, 2.24) is 15.1 Å². The summed E-state index contributed by atoms with van der Waals surface area (Å²) in [5.74, 6) is 0.602. The number of nitrogens with one attached hydrogen (secondary N) is 1. The van der Waals surface area contributed by atoms with Gasteiger partial charge < -0.3 is 0 Å². The maximum atomic E-state index is 3.83. The Labute approximate surface area is 50.8 Å². The monoisotopic (exact) mass is 121 g/mol. The normalized spacial score (nSPS) is 12.9. The first kappa shape index (κ1) is 4.37. The highest BCUT2D eigenvalue weighted by atomic mass is 15.5. The first-order valence-corrected chi connectivity index (χ1v) is 2.43. The topological polar surface area (TPSA) is 64.3 Å². The van der Waals surface area contributed by atoms with Crippen molar-refractivity contribution in [3.63, 3.8) is 0 Å². The molecule has 1 radical (unpaired) electrons. The summed E-state index contributed by atoms with van der Waals surface area (Å²) < 4.78 is 0. The highest BCUT2D eigenvalue weighted by Gasteiger charge is 2.17. The third-order valence-electron chi connectivity index (χ3n) is 1.01. The van der Waals surface area contributed by atoms with E-state index in [0.717, 1.165) is 5.69 Å². The van der Waals surface area contributed by atoms with Crippen LogP contribution in [0.3, 0.4) is 0 Å². The van der Waals surface area contributed by atoms with Gasteiger partial charge >= 0.3 is 5.82 Å². The second-order valence-corrected chi connectivity index (χ2v) is 1.57. The number of aromatic nitrogens is 2. The molecule has 5 nitrogen and oxygen atoms in total. The van der Waals surface area contributed by atoms with Crippen LogP contribution in [-0.4, -0.2) is 9.97 Å². The lowest BCUT2D eigenvalue weighted by molar-refractivity contribution is 1.06. The zero-order valence-corrected chi connectivity index (χ0v) is 4.44. The summed E-state index contributed by atoms with van der Waals surface area (Å²) in [4.78, 5) is 7.59. The van der Waals surface area contributed by atoms with E-state index < -0.39 is 0 Å². The standard InChI is InChI=1S/C4H3N5/c1-3-4(6-2-5-1)8-9-7-3/h1-2H,(H,7,9)/q+1. The van der Waals surface area contributed by atoms with Gasteiger partial charge in [0.1, 0.15) is 0 Å². The van der Waals surface area contributed by atoms with Gasteiger partial charge in [0.15, 0.2) is 6.33 Å². The number of hydrogen-bond donors (Lipinski definition) is 1. The molecule has 0 saturated heterocycles. The third kappa shape index (κ3) is 0.543. The molecule has 1 aliphatic heterocycles. The van der Waals surface area contributed by atoms with Gasteiger partial charge in [-0.15, -0.1) is 0 Å². The molecule has 0 aliphatic carbocycles. The van der Waals surface area contributed by atoms with Crippen LogP contribution in [0.25, 0.3) is 0 Å². The van der Waals surface area contributed by atoms with Crippen LogP contribution < -0.4 is 10.5 Å². The van der Waals surface area contributed by atoms with Gasteiger partial charge in [0.2, 0.25) is 5.69 Å². The second-order valence-electron chi connectivity index (χ2n) is 1.57. The summed E-state index contributed by atoms with van der Waals surface area (Å²) in [7, 11) is 0. The number of anilines is 1. The zero-order chi connectivity index (χ0) is 6.10. The molecule has 2 heterocycles. The predicted octanol–water partition coefficient (Wildman–Crippen LogP) is 0.237. The molecule has 0 amide bonds. The van der Waals surface area contributed by atoms with E-state index in [4.69, 9.17) is 0 Å². The minimum absolute atomic E-state index is 0.602. The smallest absolute Gasteiger partial charge is 0.225 e. The molecule has 1 aliphatic rings. The summed E-state index contributed by atoms with van der Waals surface area (Å²) in [6, 6.07) is 0. The SMILES string of the molecule is c1ncc2c(n1)[N+]=NN2. The lowest BCUT2D eigenvalue weighted by atomic mass is 10.5. The Bertz CT molecular complexity index is 255. The molecular weight excluding hydrogens is 118 g/mol. The van der Waals surface area contributed by atoms with Crippen molar-refractivity contribution in [1.29, 1.82) is 0 Å². The summed E-state index contributed by atoms with van der Waals surface area (Å²) in [6.07, 6.45) is 3.06. The molecule has 9 heavy (non-hydrogen) atoms. The number of nitrogens with zero attached hydrogens (tertiary/aromatic N) is 4. The van der Waals surface area contributed by atoms with Crippen LogP contribution in [0, 0.1) is 0 Å². The van der Waals surface area contributed by atoms with Crippen LogP contribution in [0.15, 0.2) is 17.7 Å². The molecule has 43 valence electrons. The van der Waals surface area contributed by atoms with Crippen molar-refractivity contribution < 1.29 is 0 Å². The average Bonchev–Trinajstić information content (AvgIpc) is 2.33. The molecule has 0 fully saturated rings. The fourth-order valence-corrected chi connectivity index (χ4v) is 0.608. The number of hydrogen-bond acceptors (Lipinski definition) is 5. The minimum atomic E-state index is 0.602. The van der Waals surface area contributed by atoms with E-state index in [9.17, 15) is 0 Å². The molecule has 0 aromatic carbocycles. The van der Waals surface area contributed by atoms with E-state index in [1.807, 2.05) is 0 Å². The van der Waals surface area contributed by atoms with Crippen molar-refractivity contribution in [3.05, 3.63) is 12.5 Å². The van der Waals surface area contributed by atoms with E-state index in [2.05, 4.69) is 25.7 Å². The second kappa shape index (κ2) is 1.48. The van der Waals surface area contributed by atoms with Crippen LogP contribution in [0.2, 0.25) is 0 Å². The summed E-state index contributed by atoms with van der Waals surface area (Å²) in [5.41, 5.74) is 3.40. The van der Waals surface area contributed by atoms with Crippen LogP contribution >= 0.6 is 0 Å². The van der Waals surface area contributed by atoms with Crippen molar-refractivity contribution in [2.75, 3.05) is 5.43 Å². The Kier molecular flexibility index (Phi) is 0.717.